The molecule has 5 heteroatoms. The zero-order chi connectivity index (χ0) is 13.5. The third-order valence-electron chi connectivity index (χ3n) is 5.17. The Kier molecular flexibility index (Phi) is 3.00. The molecule has 1 aliphatic heterocycles. The van der Waals surface area contributed by atoms with Crippen molar-refractivity contribution in [3.8, 4) is 0 Å². The number of carbonyl (C=O) groups is 1. The summed E-state index contributed by atoms with van der Waals surface area (Å²) in [4.78, 5) is 14.3. The van der Waals surface area contributed by atoms with Crippen molar-refractivity contribution in [2.45, 2.75) is 56.9 Å². The normalized spacial score (nSPS) is 24.7. The Labute approximate surface area is 119 Å². The van der Waals surface area contributed by atoms with Gasteiger partial charge in [0.05, 0.1) is 0 Å². The van der Waals surface area contributed by atoms with Gasteiger partial charge in [-0.3, -0.25) is 4.79 Å². The van der Waals surface area contributed by atoms with Gasteiger partial charge < -0.3 is 9.47 Å². The first-order valence-corrected chi connectivity index (χ1v) is 8.01. The summed E-state index contributed by atoms with van der Waals surface area (Å²) in [5, 5.41) is 8.39. The number of amides is 1. The van der Waals surface area contributed by atoms with Crippen LogP contribution in [0.1, 0.15) is 62.7 Å². The number of hydrogen-bond donors (Lipinski definition) is 0. The van der Waals surface area contributed by atoms with E-state index in [4.69, 9.17) is 0 Å². The molecule has 0 N–H and O–H groups in total. The van der Waals surface area contributed by atoms with Crippen molar-refractivity contribution < 1.29 is 4.79 Å². The number of nitrogens with zero attached hydrogens (tertiary/aromatic N) is 4. The van der Waals surface area contributed by atoms with Crippen molar-refractivity contribution in [2.75, 3.05) is 13.1 Å². The molecule has 2 aliphatic carbocycles. The van der Waals surface area contributed by atoms with E-state index in [2.05, 4.69) is 19.7 Å². The Bertz CT molecular complexity index is 496. The van der Waals surface area contributed by atoms with Crippen molar-refractivity contribution in [1.82, 2.24) is 19.7 Å². The number of carbonyl (C=O) groups excluding carboxylic acids is 1. The number of hydrogen-bond acceptors (Lipinski definition) is 3. The minimum absolute atomic E-state index is 0.337. The average molecular weight is 274 g/mol. The molecule has 2 heterocycles. The Morgan fingerprint density at radius 1 is 1.10 bits per heavy atom. The van der Waals surface area contributed by atoms with Crippen LogP contribution in [-0.2, 0) is 4.79 Å². The van der Waals surface area contributed by atoms with E-state index in [1.54, 1.807) is 0 Å². The fourth-order valence-electron chi connectivity index (χ4n) is 3.44. The number of rotatable bonds is 3. The molecule has 3 fully saturated rings. The fraction of sp³-hybridized carbons (Fsp3) is 0.800. The predicted molar refractivity (Wildman–Crippen MR) is 74.2 cm³/mol. The van der Waals surface area contributed by atoms with Crippen LogP contribution in [0.4, 0.5) is 0 Å². The summed E-state index contributed by atoms with van der Waals surface area (Å²) < 4.78 is 2.28. The van der Waals surface area contributed by atoms with Crippen molar-refractivity contribution in [1.29, 1.82) is 0 Å². The minimum atomic E-state index is 0.337. The van der Waals surface area contributed by atoms with E-state index in [1.807, 2.05) is 6.33 Å². The van der Waals surface area contributed by atoms with E-state index in [0.717, 1.165) is 38.8 Å². The molecule has 108 valence electrons. The Morgan fingerprint density at radius 3 is 2.45 bits per heavy atom. The van der Waals surface area contributed by atoms with Gasteiger partial charge in [-0.15, -0.1) is 10.2 Å². The van der Waals surface area contributed by atoms with Crippen molar-refractivity contribution in [2.24, 2.45) is 5.92 Å². The third kappa shape index (κ3) is 2.13. The summed E-state index contributed by atoms with van der Waals surface area (Å²) in [6, 6.07) is 0.492. The Hall–Kier alpha value is -1.39. The first-order valence-electron chi connectivity index (χ1n) is 8.01. The van der Waals surface area contributed by atoms with Gasteiger partial charge >= 0.3 is 0 Å². The molecule has 1 amide bonds. The molecule has 2 saturated carbocycles. The quantitative estimate of drug-likeness (QED) is 0.848. The van der Waals surface area contributed by atoms with Crippen LogP contribution in [0.5, 0.6) is 0 Å². The highest BCUT2D eigenvalue weighted by Crippen LogP contribution is 2.40. The lowest BCUT2D eigenvalue weighted by molar-refractivity contribution is -0.139. The zero-order valence-corrected chi connectivity index (χ0v) is 11.9. The maximum absolute atomic E-state index is 12.3. The van der Waals surface area contributed by atoms with E-state index >= 15 is 0 Å². The topological polar surface area (TPSA) is 51.0 Å². The first kappa shape index (κ1) is 12.4. The SMILES string of the molecule is O=C(C1CCC1)N1CCC(n2cnnc2C2CC2)CC1. The lowest BCUT2D eigenvalue weighted by atomic mass is 9.84. The highest BCUT2D eigenvalue weighted by molar-refractivity contribution is 5.79. The van der Waals surface area contributed by atoms with Crippen molar-refractivity contribution in [3.05, 3.63) is 12.2 Å². The van der Waals surface area contributed by atoms with Gasteiger partial charge in [0.25, 0.3) is 0 Å². The lowest BCUT2D eigenvalue weighted by Gasteiger charge is -2.37. The molecular weight excluding hydrogens is 252 g/mol. The van der Waals surface area contributed by atoms with Gasteiger partial charge in [-0.05, 0) is 38.5 Å². The van der Waals surface area contributed by atoms with Gasteiger partial charge in [0.1, 0.15) is 12.2 Å². The van der Waals surface area contributed by atoms with E-state index < -0.39 is 0 Å². The fourth-order valence-corrected chi connectivity index (χ4v) is 3.44. The minimum Gasteiger partial charge on any atom is -0.342 e. The molecule has 0 spiro atoms. The van der Waals surface area contributed by atoms with Crippen LogP contribution in [0.25, 0.3) is 0 Å². The van der Waals surface area contributed by atoms with E-state index in [0.29, 0.717) is 23.8 Å². The summed E-state index contributed by atoms with van der Waals surface area (Å²) >= 11 is 0. The summed E-state index contributed by atoms with van der Waals surface area (Å²) in [7, 11) is 0. The maximum atomic E-state index is 12.3. The van der Waals surface area contributed by atoms with Crippen LogP contribution in [0.15, 0.2) is 6.33 Å². The largest absolute Gasteiger partial charge is 0.342 e. The van der Waals surface area contributed by atoms with Crippen LogP contribution in [0, 0.1) is 5.92 Å². The molecule has 5 nitrogen and oxygen atoms in total. The molecule has 0 aromatic carbocycles. The molecule has 1 aromatic heterocycles. The van der Waals surface area contributed by atoms with Gasteiger partial charge in [-0.25, -0.2) is 0 Å². The predicted octanol–water partition coefficient (Wildman–Crippen LogP) is 2.12. The van der Waals surface area contributed by atoms with Crippen LogP contribution >= 0.6 is 0 Å². The number of likely N-dealkylation sites (tertiary alicyclic amines) is 1. The lowest BCUT2D eigenvalue weighted by Crippen LogP contribution is -2.43. The second-order valence-corrected chi connectivity index (χ2v) is 6.55. The summed E-state index contributed by atoms with van der Waals surface area (Å²) in [6.45, 7) is 1.81. The van der Waals surface area contributed by atoms with Gasteiger partial charge in [0.2, 0.25) is 5.91 Å². The molecule has 0 atom stereocenters. The molecule has 3 aliphatic rings. The van der Waals surface area contributed by atoms with Crippen LogP contribution in [-0.4, -0.2) is 38.7 Å². The van der Waals surface area contributed by atoms with Crippen molar-refractivity contribution >= 4 is 5.91 Å². The van der Waals surface area contributed by atoms with Gasteiger partial charge in [0.15, 0.2) is 0 Å². The molecular formula is C15H22N4O. The van der Waals surface area contributed by atoms with Gasteiger partial charge in [0, 0.05) is 31.0 Å². The second-order valence-electron chi connectivity index (χ2n) is 6.55. The second kappa shape index (κ2) is 4.86. The Balaban J connectivity index is 1.39. The number of aromatic nitrogens is 3. The molecule has 1 saturated heterocycles. The summed E-state index contributed by atoms with van der Waals surface area (Å²) in [6.07, 6.45) is 9.97. The molecule has 0 radical (unpaired) electrons. The first-order chi connectivity index (χ1) is 9.83. The van der Waals surface area contributed by atoms with Crippen LogP contribution in [0.3, 0.4) is 0 Å². The zero-order valence-electron chi connectivity index (χ0n) is 11.9. The molecule has 1 aromatic rings. The standard InChI is InChI=1S/C15H22N4O/c20-15(12-2-1-3-12)18-8-6-13(7-9-18)19-10-16-17-14(19)11-4-5-11/h10-13H,1-9H2. The van der Waals surface area contributed by atoms with Crippen molar-refractivity contribution in [3.63, 3.8) is 0 Å². The highest BCUT2D eigenvalue weighted by Gasteiger charge is 2.34. The monoisotopic (exact) mass is 274 g/mol. The van der Waals surface area contributed by atoms with Gasteiger partial charge in [-0.1, -0.05) is 6.42 Å². The van der Waals surface area contributed by atoms with Gasteiger partial charge in [-0.2, -0.15) is 0 Å². The molecule has 0 unspecified atom stereocenters. The molecule has 20 heavy (non-hydrogen) atoms. The molecule has 4 rings (SSSR count). The highest BCUT2D eigenvalue weighted by atomic mass is 16.2. The van der Waals surface area contributed by atoms with E-state index in [1.165, 1.54) is 25.1 Å². The summed E-state index contributed by atoms with van der Waals surface area (Å²) in [5.74, 6) is 2.56. The smallest absolute Gasteiger partial charge is 0.225 e. The van der Waals surface area contributed by atoms with E-state index in [-0.39, 0.29) is 0 Å². The number of piperidine rings is 1. The third-order valence-corrected chi connectivity index (χ3v) is 5.17. The Morgan fingerprint density at radius 2 is 1.85 bits per heavy atom. The van der Waals surface area contributed by atoms with Crippen LogP contribution in [0.2, 0.25) is 0 Å². The molecule has 0 bridgehead atoms. The maximum Gasteiger partial charge on any atom is 0.225 e. The summed E-state index contributed by atoms with van der Waals surface area (Å²) in [5.41, 5.74) is 0. The van der Waals surface area contributed by atoms with E-state index in [9.17, 15) is 4.79 Å². The van der Waals surface area contributed by atoms with Crippen LogP contribution < -0.4 is 0 Å². The average Bonchev–Trinajstić information content (AvgIpc) is 3.14.